The Labute approximate surface area is 107 Å². The second kappa shape index (κ2) is 5.29. The van der Waals surface area contributed by atoms with Crippen molar-refractivity contribution in [2.24, 2.45) is 0 Å². The molecule has 0 spiro atoms. The Morgan fingerprint density at radius 1 is 1.26 bits per heavy atom. The molecule has 1 unspecified atom stereocenters. The lowest BCUT2D eigenvalue weighted by molar-refractivity contribution is -0.188. The topological polar surface area (TPSA) is 57.6 Å². The number of carboxylic acids is 1. The van der Waals surface area contributed by atoms with Crippen LogP contribution in [0, 0.1) is 6.92 Å². The first-order valence-electron chi connectivity index (χ1n) is 5.28. The van der Waals surface area contributed by atoms with Crippen molar-refractivity contribution in [1.82, 2.24) is 4.90 Å². The largest absolute Gasteiger partial charge is 0.479 e. The highest BCUT2D eigenvalue weighted by Crippen LogP contribution is 2.27. The molecule has 1 amide bonds. The molecule has 19 heavy (non-hydrogen) atoms. The number of likely N-dealkylation sites (N-methyl/N-ethyl adjacent to an activating group) is 1. The van der Waals surface area contributed by atoms with E-state index in [0.717, 1.165) is 7.05 Å². The van der Waals surface area contributed by atoms with Crippen LogP contribution in [-0.4, -0.2) is 35.1 Å². The predicted octanol–water partition coefficient (Wildman–Crippen LogP) is 2.14. The van der Waals surface area contributed by atoms with Crippen LogP contribution < -0.4 is 0 Å². The van der Waals surface area contributed by atoms with Crippen LogP contribution in [0.3, 0.4) is 0 Å². The van der Waals surface area contributed by atoms with Gasteiger partial charge in [-0.15, -0.1) is 0 Å². The second-order valence-electron chi connectivity index (χ2n) is 4.01. The van der Waals surface area contributed by atoms with E-state index in [2.05, 4.69) is 0 Å². The summed E-state index contributed by atoms with van der Waals surface area (Å²) in [6, 6.07) is 4.41. The Balaban J connectivity index is 3.20. The number of carbonyl (C=O) groups is 2. The van der Waals surface area contributed by atoms with Gasteiger partial charge in [0.05, 0.1) is 0 Å². The van der Waals surface area contributed by atoms with E-state index in [9.17, 15) is 22.8 Å². The Kier molecular flexibility index (Phi) is 4.18. The molecule has 0 fully saturated rings. The molecule has 1 aromatic carbocycles. The lowest BCUT2D eigenvalue weighted by atomic mass is 10.0. The van der Waals surface area contributed by atoms with Gasteiger partial charge in [0.25, 0.3) is 0 Å². The molecule has 0 aliphatic carbocycles. The highest BCUT2D eigenvalue weighted by Gasteiger charge is 2.45. The van der Waals surface area contributed by atoms with Crippen molar-refractivity contribution in [3.63, 3.8) is 0 Å². The summed E-state index contributed by atoms with van der Waals surface area (Å²) in [5.41, 5.74) is 0.645. The van der Waals surface area contributed by atoms with Crippen LogP contribution in [0.25, 0.3) is 0 Å². The first kappa shape index (κ1) is 15.0. The van der Waals surface area contributed by atoms with E-state index < -0.39 is 24.1 Å². The molecule has 0 saturated heterocycles. The minimum absolute atomic E-state index is 0.148. The molecule has 1 aromatic rings. The number of nitrogens with zero attached hydrogens (tertiary/aromatic N) is 1. The van der Waals surface area contributed by atoms with Crippen LogP contribution in [0.15, 0.2) is 24.3 Å². The minimum atomic E-state index is -5.11. The van der Waals surface area contributed by atoms with Crippen molar-refractivity contribution in [2.75, 3.05) is 7.05 Å². The van der Waals surface area contributed by atoms with Gasteiger partial charge in [-0.25, -0.2) is 4.79 Å². The summed E-state index contributed by atoms with van der Waals surface area (Å²) in [5.74, 6) is -3.71. The number of halogens is 3. The van der Waals surface area contributed by atoms with Crippen molar-refractivity contribution in [2.45, 2.75) is 19.1 Å². The van der Waals surface area contributed by atoms with E-state index in [-0.39, 0.29) is 10.5 Å². The summed E-state index contributed by atoms with van der Waals surface area (Å²) < 4.78 is 37.1. The van der Waals surface area contributed by atoms with Crippen molar-refractivity contribution in [3.8, 4) is 0 Å². The molecule has 0 aliphatic heterocycles. The number of benzene rings is 1. The van der Waals surface area contributed by atoms with E-state index in [4.69, 9.17) is 5.11 Å². The Morgan fingerprint density at radius 3 is 2.21 bits per heavy atom. The molecule has 0 bridgehead atoms. The van der Waals surface area contributed by atoms with Gasteiger partial charge in [-0.05, 0) is 18.1 Å². The summed E-state index contributed by atoms with van der Waals surface area (Å²) in [4.78, 5) is 22.5. The monoisotopic (exact) mass is 275 g/mol. The molecular weight excluding hydrogens is 263 g/mol. The fourth-order valence-corrected chi connectivity index (χ4v) is 1.72. The van der Waals surface area contributed by atoms with Crippen LogP contribution in [0.5, 0.6) is 0 Å². The normalized spacial score (nSPS) is 12.9. The lowest BCUT2D eigenvalue weighted by Crippen LogP contribution is -2.43. The van der Waals surface area contributed by atoms with Crippen molar-refractivity contribution in [1.29, 1.82) is 0 Å². The van der Waals surface area contributed by atoms with E-state index in [1.165, 1.54) is 12.1 Å². The van der Waals surface area contributed by atoms with Crippen LogP contribution >= 0.6 is 0 Å². The Bertz CT molecular complexity index is 499. The van der Waals surface area contributed by atoms with Gasteiger partial charge in [0, 0.05) is 7.05 Å². The molecule has 0 aliphatic rings. The molecular formula is C12H12F3NO3. The molecule has 4 nitrogen and oxygen atoms in total. The zero-order valence-corrected chi connectivity index (χ0v) is 10.2. The number of carboxylic acid groups (broad SMARTS) is 1. The number of aryl methyl sites for hydroxylation is 1. The average molecular weight is 275 g/mol. The third kappa shape index (κ3) is 3.24. The summed E-state index contributed by atoms with van der Waals surface area (Å²) in [6.07, 6.45) is -5.11. The van der Waals surface area contributed by atoms with Gasteiger partial charge >= 0.3 is 18.1 Å². The highest BCUT2D eigenvalue weighted by atomic mass is 19.4. The number of rotatable bonds is 3. The van der Waals surface area contributed by atoms with Gasteiger partial charge in [0.2, 0.25) is 0 Å². The maximum absolute atomic E-state index is 12.4. The van der Waals surface area contributed by atoms with Crippen LogP contribution in [0.1, 0.15) is 17.2 Å². The predicted molar refractivity (Wildman–Crippen MR) is 60.4 cm³/mol. The Morgan fingerprint density at radius 2 is 1.79 bits per heavy atom. The van der Waals surface area contributed by atoms with E-state index in [1.54, 1.807) is 19.1 Å². The number of carbonyl (C=O) groups excluding carboxylic acids is 1. The first-order valence-corrected chi connectivity index (χ1v) is 5.28. The molecule has 0 aromatic heterocycles. The molecule has 7 heteroatoms. The minimum Gasteiger partial charge on any atom is -0.479 e. The molecule has 1 atom stereocenters. The van der Waals surface area contributed by atoms with Crippen molar-refractivity contribution >= 4 is 11.9 Å². The van der Waals surface area contributed by atoms with Gasteiger partial charge in [0.1, 0.15) is 0 Å². The zero-order valence-electron chi connectivity index (χ0n) is 10.2. The third-order valence-corrected chi connectivity index (χ3v) is 2.67. The van der Waals surface area contributed by atoms with Gasteiger partial charge in [0.15, 0.2) is 6.04 Å². The SMILES string of the molecule is Cc1ccccc1C(C(=O)O)N(C)C(=O)C(F)(F)F. The highest BCUT2D eigenvalue weighted by molar-refractivity contribution is 5.87. The molecule has 0 saturated carbocycles. The number of aliphatic carboxylic acids is 1. The number of hydrogen-bond donors (Lipinski definition) is 1. The van der Waals surface area contributed by atoms with Gasteiger partial charge in [-0.3, -0.25) is 4.79 Å². The van der Waals surface area contributed by atoms with Crippen molar-refractivity contribution in [3.05, 3.63) is 35.4 Å². The fraction of sp³-hybridized carbons (Fsp3) is 0.333. The Hall–Kier alpha value is -2.05. The van der Waals surface area contributed by atoms with Crippen LogP contribution in [0.4, 0.5) is 13.2 Å². The standard InChI is InChI=1S/C12H12F3NO3/c1-7-5-3-4-6-8(7)9(10(17)18)16(2)11(19)12(13,14)15/h3-6,9H,1-2H3,(H,17,18). The first-order chi connectivity index (χ1) is 8.66. The smallest absolute Gasteiger partial charge is 0.471 e. The van der Waals surface area contributed by atoms with Gasteiger partial charge in [-0.1, -0.05) is 24.3 Å². The van der Waals surface area contributed by atoms with E-state index in [0.29, 0.717) is 5.56 Å². The van der Waals surface area contributed by atoms with Crippen LogP contribution in [-0.2, 0) is 9.59 Å². The molecule has 104 valence electrons. The fourth-order valence-electron chi connectivity index (χ4n) is 1.72. The number of hydrogen-bond acceptors (Lipinski definition) is 2. The number of alkyl halides is 3. The van der Waals surface area contributed by atoms with E-state index >= 15 is 0 Å². The van der Waals surface area contributed by atoms with Crippen LogP contribution in [0.2, 0.25) is 0 Å². The third-order valence-electron chi connectivity index (χ3n) is 2.67. The summed E-state index contributed by atoms with van der Waals surface area (Å²) >= 11 is 0. The van der Waals surface area contributed by atoms with Crippen molar-refractivity contribution < 1.29 is 27.9 Å². The second-order valence-corrected chi connectivity index (χ2v) is 4.01. The summed E-state index contributed by atoms with van der Waals surface area (Å²) in [7, 11) is 0.820. The van der Waals surface area contributed by atoms with E-state index in [1.807, 2.05) is 0 Å². The average Bonchev–Trinajstić information content (AvgIpc) is 2.29. The van der Waals surface area contributed by atoms with Gasteiger partial charge in [-0.2, -0.15) is 13.2 Å². The molecule has 0 heterocycles. The summed E-state index contributed by atoms with van der Waals surface area (Å²) in [6.45, 7) is 1.57. The molecule has 0 radical (unpaired) electrons. The summed E-state index contributed by atoms with van der Waals surface area (Å²) in [5, 5.41) is 9.07. The number of amides is 1. The quantitative estimate of drug-likeness (QED) is 0.919. The maximum Gasteiger partial charge on any atom is 0.471 e. The van der Waals surface area contributed by atoms with Gasteiger partial charge < -0.3 is 10.0 Å². The zero-order chi connectivity index (χ0) is 14.8. The lowest BCUT2D eigenvalue weighted by Gasteiger charge is -2.26. The molecule has 1 N–H and O–H groups in total. The maximum atomic E-state index is 12.4. The molecule has 1 rings (SSSR count).